The van der Waals surface area contributed by atoms with Gasteiger partial charge >= 0.3 is 0 Å². The van der Waals surface area contributed by atoms with Crippen LogP contribution in [-0.4, -0.2) is 25.9 Å². The first-order valence-electron chi connectivity index (χ1n) is 5.65. The maximum Gasteiger partial charge on any atom is 0.203 e. The van der Waals surface area contributed by atoms with Crippen molar-refractivity contribution in [2.75, 3.05) is 20.8 Å². The van der Waals surface area contributed by atoms with E-state index in [2.05, 4.69) is 11.8 Å². The average Bonchev–Trinajstić information content (AvgIpc) is 2.42. The van der Waals surface area contributed by atoms with Crippen LogP contribution in [0.2, 0.25) is 0 Å². The summed E-state index contributed by atoms with van der Waals surface area (Å²) < 4.78 is 16.1. The van der Waals surface area contributed by atoms with Crippen LogP contribution in [0.3, 0.4) is 0 Å². The van der Waals surface area contributed by atoms with Gasteiger partial charge in [0, 0.05) is 6.42 Å². The molecule has 4 heteroatoms. The van der Waals surface area contributed by atoms with E-state index in [0.717, 1.165) is 0 Å². The molecule has 0 amide bonds. The van der Waals surface area contributed by atoms with Crippen LogP contribution in [-0.2, 0) is 6.61 Å². The van der Waals surface area contributed by atoms with Crippen molar-refractivity contribution in [1.82, 2.24) is 0 Å². The Balaban J connectivity index is 2.94. The van der Waals surface area contributed by atoms with E-state index in [1.807, 2.05) is 0 Å². The molecule has 1 aromatic carbocycles. The second-order valence-corrected chi connectivity index (χ2v) is 3.51. The molecule has 0 aromatic heterocycles. The zero-order valence-corrected chi connectivity index (χ0v) is 10.9. The fraction of sp³-hybridized carbons (Fsp3) is 0.429. The molecule has 0 atom stereocenters. The molecule has 0 aliphatic heterocycles. The van der Waals surface area contributed by atoms with E-state index in [1.165, 1.54) is 0 Å². The minimum atomic E-state index is -0.0751. The third kappa shape index (κ3) is 3.57. The normalized spacial score (nSPS) is 9.33. The number of rotatable bonds is 6. The predicted octanol–water partition coefficient (Wildman–Crippen LogP) is 1.99. The molecule has 0 radical (unpaired) electrons. The summed E-state index contributed by atoms with van der Waals surface area (Å²) >= 11 is 0. The second kappa shape index (κ2) is 7.46. The summed E-state index contributed by atoms with van der Waals surface area (Å²) in [6, 6.07) is 3.45. The van der Waals surface area contributed by atoms with Crippen LogP contribution >= 0.6 is 0 Å². The largest absolute Gasteiger partial charge is 0.493 e. The van der Waals surface area contributed by atoms with Crippen LogP contribution in [0.1, 0.15) is 18.9 Å². The van der Waals surface area contributed by atoms with Gasteiger partial charge in [-0.1, -0.05) is 0 Å². The van der Waals surface area contributed by atoms with Gasteiger partial charge < -0.3 is 19.3 Å². The third-order valence-electron chi connectivity index (χ3n) is 2.35. The topological polar surface area (TPSA) is 47.9 Å². The van der Waals surface area contributed by atoms with Crippen molar-refractivity contribution in [3.63, 3.8) is 0 Å². The first kappa shape index (κ1) is 14.2. The number of hydrogen-bond donors (Lipinski definition) is 1. The van der Waals surface area contributed by atoms with E-state index in [4.69, 9.17) is 19.3 Å². The van der Waals surface area contributed by atoms with Gasteiger partial charge in [-0.25, -0.2) is 0 Å². The lowest BCUT2D eigenvalue weighted by Gasteiger charge is -2.15. The molecule has 0 aliphatic carbocycles. The van der Waals surface area contributed by atoms with E-state index < -0.39 is 0 Å². The molecule has 0 saturated carbocycles. The van der Waals surface area contributed by atoms with E-state index in [0.29, 0.717) is 35.8 Å². The molecule has 1 rings (SSSR count). The molecule has 0 saturated heterocycles. The van der Waals surface area contributed by atoms with Gasteiger partial charge in [-0.3, -0.25) is 0 Å². The summed E-state index contributed by atoms with van der Waals surface area (Å²) in [6.45, 7) is 2.18. The third-order valence-corrected chi connectivity index (χ3v) is 2.35. The van der Waals surface area contributed by atoms with Gasteiger partial charge in [-0.15, -0.1) is 11.8 Å². The number of methoxy groups -OCH3 is 2. The summed E-state index contributed by atoms with van der Waals surface area (Å²) in [4.78, 5) is 0. The summed E-state index contributed by atoms with van der Waals surface area (Å²) in [5.41, 5.74) is 0.712. The summed E-state index contributed by atoms with van der Waals surface area (Å²) in [7, 11) is 3.10. The highest BCUT2D eigenvalue weighted by Crippen LogP contribution is 2.38. The first-order chi connectivity index (χ1) is 8.76. The van der Waals surface area contributed by atoms with Crippen molar-refractivity contribution < 1.29 is 19.3 Å². The van der Waals surface area contributed by atoms with Gasteiger partial charge in [0.2, 0.25) is 5.75 Å². The maximum atomic E-state index is 9.14. The Morgan fingerprint density at radius 1 is 1.17 bits per heavy atom. The smallest absolute Gasteiger partial charge is 0.203 e. The SMILES string of the molecule is CC#CCCOc1c(OC)cc(CO)cc1OC. The minimum Gasteiger partial charge on any atom is -0.493 e. The molecule has 4 nitrogen and oxygen atoms in total. The van der Waals surface area contributed by atoms with Crippen LogP contribution in [0.25, 0.3) is 0 Å². The average molecular weight is 250 g/mol. The minimum absolute atomic E-state index is 0.0751. The molecule has 1 N–H and O–H groups in total. The number of benzene rings is 1. The van der Waals surface area contributed by atoms with Crippen LogP contribution in [0.5, 0.6) is 17.2 Å². The van der Waals surface area contributed by atoms with Crippen LogP contribution in [0, 0.1) is 11.8 Å². The fourth-order valence-corrected chi connectivity index (χ4v) is 1.50. The van der Waals surface area contributed by atoms with E-state index in [-0.39, 0.29) is 6.61 Å². The lowest BCUT2D eigenvalue weighted by Crippen LogP contribution is -2.02. The van der Waals surface area contributed by atoms with Crippen molar-refractivity contribution >= 4 is 0 Å². The van der Waals surface area contributed by atoms with Gasteiger partial charge in [-0.05, 0) is 24.6 Å². The zero-order chi connectivity index (χ0) is 13.4. The van der Waals surface area contributed by atoms with E-state index >= 15 is 0 Å². The van der Waals surface area contributed by atoms with Gasteiger partial charge in [0.1, 0.15) is 0 Å². The quantitative estimate of drug-likeness (QED) is 0.619. The Morgan fingerprint density at radius 3 is 2.22 bits per heavy atom. The molecule has 0 heterocycles. The van der Waals surface area contributed by atoms with Crippen molar-refractivity contribution in [3.05, 3.63) is 17.7 Å². The highest BCUT2D eigenvalue weighted by Gasteiger charge is 2.13. The van der Waals surface area contributed by atoms with Crippen molar-refractivity contribution in [2.45, 2.75) is 20.0 Å². The Morgan fingerprint density at radius 2 is 1.78 bits per heavy atom. The number of hydrogen-bond acceptors (Lipinski definition) is 4. The molecular formula is C14H18O4. The van der Waals surface area contributed by atoms with E-state index in [9.17, 15) is 0 Å². The summed E-state index contributed by atoms with van der Waals surface area (Å²) in [6.07, 6.45) is 0.643. The Kier molecular flexibility index (Phi) is 5.89. The lowest BCUT2D eigenvalue weighted by atomic mass is 10.2. The molecule has 0 unspecified atom stereocenters. The molecule has 0 aliphatic rings. The number of aliphatic hydroxyl groups excluding tert-OH is 1. The molecule has 18 heavy (non-hydrogen) atoms. The predicted molar refractivity (Wildman–Crippen MR) is 69.0 cm³/mol. The lowest BCUT2D eigenvalue weighted by molar-refractivity contribution is 0.269. The Hall–Kier alpha value is -1.86. The van der Waals surface area contributed by atoms with Gasteiger partial charge in [-0.2, -0.15) is 0 Å². The van der Waals surface area contributed by atoms with Crippen molar-refractivity contribution in [2.24, 2.45) is 0 Å². The van der Waals surface area contributed by atoms with Crippen molar-refractivity contribution in [3.8, 4) is 29.1 Å². The van der Waals surface area contributed by atoms with E-state index in [1.54, 1.807) is 33.3 Å². The Labute approximate surface area is 107 Å². The molecule has 98 valence electrons. The first-order valence-corrected chi connectivity index (χ1v) is 5.65. The number of ether oxygens (including phenoxy) is 3. The van der Waals surface area contributed by atoms with Gasteiger partial charge in [0.15, 0.2) is 11.5 Å². The second-order valence-electron chi connectivity index (χ2n) is 3.51. The van der Waals surface area contributed by atoms with Crippen molar-refractivity contribution in [1.29, 1.82) is 0 Å². The molecule has 0 fully saturated rings. The molecular weight excluding hydrogens is 232 g/mol. The zero-order valence-electron chi connectivity index (χ0n) is 10.9. The Bertz CT molecular complexity index is 418. The standard InChI is InChI=1S/C14H18O4/c1-4-5-6-7-18-14-12(16-2)8-11(10-15)9-13(14)17-3/h8-9,15H,6-7,10H2,1-3H3. The van der Waals surface area contributed by atoms with Crippen LogP contribution in [0.4, 0.5) is 0 Å². The molecule has 0 bridgehead atoms. The highest BCUT2D eigenvalue weighted by molar-refractivity contribution is 5.53. The van der Waals surface area contributed by atoms with Crippen LogP contribution < -0.4 is 14.2 Å². The summed E-state index contributed by atoms with van der Waals surface area (Å²) in [5, 5.41) is 9.14. The highest BCUT2D eigenvalue weighted by atomic mass is 16.5. The molecule has 1 aromatic rings. The fourth-order valence-electron chi connectivity index (χ4n) is 1.50. The summed E-state index contributed by atoms with van der Waals surface area (Å²) in [5.74, 6) is 7.35. The monoisotopic (exact) mass is 250 g/mol. The number of aliphatic hydroxyl groups is 1. The maximum absolute atomic E-state index is 9.14. The van der Waals surface area contributed by atoms with Gasteiger partial charge in [0.05, 0.1) is 27.4 Å². The molecule has 0 spiro atoms. The van der Waals surface area contributed by atoms with Gasteiger partial charge in [0.25, 0.3) is 0 Å². The van der Waals surface area contributed by atoms with Crippen LogP contribution in [0.15, 0.2) is 12.1 Å².